The summed E-state index contributed by atoms with van der Waals surface area (Å²) in [5.74, 6) is 0.838. The van der Waals surface area contributed by atoms with Crippen LogP contribution >= 0.6 is 11.6 Å². The molecule has 6 nitrogen and oxygen atoms in total. The summed E-state index contributed by atoms with van der Waals surface area (Å²) >= 11 is 6.14. The normalized spacial score (nSPS) is 16.8. The van der Waals surface area contributed by atoms with Crippen LogP contribution < -0.4 is 4.90 Å². The van der Waals surface area contributed by atoms with E-state index in [4.69, 9.17) is 16.7 Å². The SMILES string of the molecule is Cc1cccn2nc([C@H]3c4nc[nH]c4CCN3c3cccc(Cl)n3)cc12. The first-order valence-corrected chi connectivity index (χ1v) is 8.95. The van der Waals surface area contributed by atoms with Crippen molar-refractivity contribution in [1.29, 1.82) is 0 Å². The number of hydrogen-bond acceptors (Lipinski definition) is 4. The van der Waals surface area contributed by atoms with E-state index in [9.17, 15) is 0 Å². The smallest absolute Gasteiger partial charge is 0.131 e. The molecule has 0 amide bonds. The van der Waals surface area contributed by atoms with Crippen LogP contribution in [0.5, 0.6) is 0 Å². The number of halogens is 1. The summed E-state index contributed by atoms with van der Waals surface area (Å²) in [6.45, 7) is 2.91. The van der Waals surface area contributed by atoms with E-state index in [1.807, 2.05) is 28.9 Å². The van der Waals surface area contributed by atoms with Crippen molar-refractivity contribution in [3.05, 3.63) is 76.7 Å². The molecule has 0 unspecified atom stereocenters. The zero-order valence-corrected chi connectivity index (χ0v) is 15.0. The fourth-order valence-corrected chi connectivity index (χ4v) is 3.85. The fraction of sp³-hybridized carbons (Fsp3) is 0.211. The van der Waals surface area contributed by atoms with Crippen LogP contribution in [-0.2, 0) is 6.42 Å². The number of aryl methyl sites for hydroxylation is 1. The molecule has 0 radical (unpaired) electrons. The van der Waals surface area contributed by atoms with Crippen molar-refractivity contribution in [2.24, 2.45) is 0 Å². The molecule has 0 aromatic carbocycles. The van der Waals surface area contributed by atoms with Crippen molar-refractivity contribution in [1.82, 2.24) is 24.6 Å². The molecule has 0 fully saturated rings. The van der Waals surface area contributed by atoms with Crippen LogP contribution in [-0.4, -0.2) is 31.1 Å². The highest BCUT2D eigenvalue weighted by Crippen LogP contribution is 2.36. The van der Waals surface area contributed by atoms with Crippen molar-refractivity contribution < 1.29 is 0 Å². The molecule has 1 N–H and O–H groups in total. The van der Waals surface area contributed by atoms with Gasteiger partial charge in [-0.1, -0.05) is 23.7 Å². The van der Waals surface area contributed by atoms with E-state index < -0.39 is 0 Å². The van der Waals surface area contributed by atoms with Crippen LogP contribution in [0.4, 0.5) is 5.82 Å². The highest BCUT2D eigenvalue weighted by atomic mass is 35.5. The highest BCUT2D eigenvalue weighted by molar-refractivity contribution is 6.29. The Labute approximate surface area is 155 Å². The number of fused-ring (bicyclic) bond motifs is 2. The van der Waals surface area contributed by atoms with Crippen molar-refractivity contribution in [3.8, 4) is 0 Å². The molecular formula is C19H17ClN6. The molecule has 130 valence electrons. The number of nitrogens with zero attached hydrogens (tertiary/aromatic N) is 5. The van der Waals surface area contributed by atoms with Crippen molar-refractivity contribution in [3.63, 3.8) is 0 Å². The number of rotatable bonds is 2. The largest absolute Gasteiger partial charge is 0.348 e. The van der Waals surface area contributed by atoms with E-state index in [1.54, 1.807) is 12.4 Å². The van der Waals surface area contributed by atoms with Gasteiger partial charge in [0.2, 0.25) is 0 Å². The summed E-state index contributed by atoms with van der Waals surface area (Å²) < 4.78 is 1.93. The third kappa shape index (κ3) is 2.37. The first-order valence-electron chi connectivity index (χ1n) is 8.57. The number of imidazole rings is 1. The lowest BCUT2D eigenvalue weighted by molar-refractivity contribution is 0.610. The van der Waals surface area contributed by atoms with E-state index in [1.165, 1.54) is 5.56 Å². The Bertz CT molecular complexity index is 1100. The van der Waals surface area contributed by atoms with Gasteiger partial charge in [0.1, 0.15) is 17.0 Å². The van der Waals surface area contributed by atoms with Gasteiger partial charge in [-0.05, 0) is 36.8 Å². The summed E-state index contributed by atoms with van der Waals surface area (Å²) in [7, 11) is 0. The predicted molar refractivity (Wildman–Crippen MR) is 101 cm³/mol. The Kier molecular flexibility index (Phi) is 3.46. The average Bonchev–Trinajstić information content (AvgIpc) is 3.28. The molecule has 1 atom stereocenters. The minimum Gasteiger partial charge on any atom is -0.348 e. The van der Waals surface area contributed by atoms with E-state index in [0.29, 0.717) is 5.15 Å². The number of hydrogen-bond donors (Lipinski definition) is 1. The lowest BCUT2D eigenvalue weighted by atomic mass is 9.99. The van der Waals surface area contributed by atoms with E-state index in [2.05, 4.69) is 38.9 Å². The van der Waals surface area contributed by atoms with Gasteiger partial charge in [0.15, 0.2) is 0 Å². The molecule has 1 aliphatic heterocycles. The van der Waals surface area contributed by atoms with Gasteiger partial charge in [-0.25, -0.2) is 14.5 Å². The lowest BCUT2D eigenvalue weighted by Gasteiger charge is -2.34. The molecule has 26 heavy (non-hydrogen) atoms. The van der Waals surface area contributed by atoms with Gasteiger partial charge in [0.05, 0.1) is 23.2 Å². The van der Waals surface area contributed by atoms with E-state index in [0.717, 1.165) is 41.4 Å². The molecule has 5 rings (SSSR count). The van der Waals surface area contributed by atoms with Crippen LogP contribution in [0.2, 0.25) is 5.15 Å². The first-order chi connectivity index (χ1) is 12.7. The summed E-state index contributed by atoms with van der Waals surface area (Å²) in [6.07, 6.45) is 4.61. The summed E-state index contributed by atoms with van der Waals surface area (Å²) in [5, 5.41) is 5.32. The standard InChI is InChI=1S/C19H17ClN6/c1-12-4-3-8-26-15(12)10-14(24-26)19-18-13(21-11-22-18)7-9-25(19)17-6-2-5-16(20)23-17/h2-6,8,10-11,19H,7,9H2,1H3,(H,21,22)/t19-/m0/s1. The average molecular weight is 365 g/mol. The zero-order valence-electron chi connectivity index (χ0n) is 14.2. The van der Waals surface area contributed by atoms with Gasteiger partial charge in [0, 0.05) is 24.9 Å². The minimum absolute atomic E-state index is 0.102. The van der Waals surface area contributed by atoms with E-state index >= 15 is 0 Å². The Morgan fingerprint density at radius 2 is 2.15 bits per heavy atom. The molecule has 0 bridgehead atoms. The molecule has 4 aromatic heterocycles. The first kappa shape index (κ1) is 15.4. The summed E-state index contributed by atoms with van der Waals surface area (Å²) in [4.78, 5) is 14.6. The van der Waals surface area contributed by atoms with Gasteiger partial charge in [-0.3, -0.25) is 0 Å². The monoisotopic (exact) mass is 364 g/mol. The number of pyridine rings is 2. The van der Waals surface area contributed by atoms with Crippen LogP contribution in [0.1, 0.15) is 28.7 Å². The van der Waals surface area contributed by atoms with Gasteiger partial charge in [-0.2, -0.15) is 5.10 Å². The molecule has 0 saturated heterocycles. The maximum atomic E-state index is 6.14. The fourth-order valence-electron chi connectivity index (χ4n) is 3.69. The Morgan fingerprint density at radius 1 is 1.23 bits per heavy atom. The quantitative estimate of drug-likeness (QED) is 0.552. The van der Waals surface area contributed by atoms with Crippen molar-refractivity contribution in [2.75, 3.05) is 11.4 Å². The maximum Gasteiger partial charge on any atom is 0.131 e. The maximum absolute atomic E-state index is 6.14. The Morgan fingerprint density at radius 3 is 3.00 bits per heavy atom. The lowest BCUT2D eigenvalue weighted by Crippen LogP contribution is -2.37. The van der Waals surface area contributed by atoms with Gasteiger partial charge in [0.25, 0.3) is 0 Å². The van der Waals surface area contributed by atoms with Crippen molar-refractivity contribution >= 4 is 22.9 Å². The second-order valence-corrected chi connectivity index (χ2v) is 6.91. The Balaban J connectivity index is 1.69. The molecule has 4 aromatic rings. The number of anilines is 1. The number of aromatic amines is 1. The molecule has 0 aliphatic carbocycles. The number of H-pyrrole nitrogens is 1. The molecule has 0 spiro atoms. The number of aromatic nitrogens is 5. The summed E-state index contributed by atoms with van der Waals surface area (Å²) in [5.41, 5.74) is 5.40. The molecule has 0 saturated carbocycles. The predicted octanol–water partition coefficient (Wildman–Crippen LogP) is 3.57. The van der Waals surface area contributed by atoms with Crippen LogP contribution in [0.15, 0.2) is 48.9 Å². The molecule has 5 heterocycles. The Hall–Kier alpha value is -2.86. The van der Waals surface area contributed by atoms with E-state index in [-0.39, 0.29) is 6.04 Å². The number of nitrogens with one attached hydrogen (secondary N) is 1. The second kappa shape index (κ2) is 5.85. The second-order valence-electron chi connectivity index (χ2n) is 6.52. The third-order valence-corrected chi connectivity index (χ3v) is 5.14. The van der Waals surface area contributed by atoms with Gasteiger partial charge < -0.3 is 9.88 Å². The van der Waals surface area contributed by atoms with Crippen LogP contribution in [0.25, 0.3) is 5.52 Å². The van der Waals surface area contributed by atoms with Gasteiger partial charge >= 0.3 is 0 Å². The van der Waals surface area contributed by atoms with Crippen LogP contribution in [0, 0.1) is 6.92 Å². The van der Waals surface area contributed by atoms with Gasteiger partial charge in [-0.15, -0.1) is 0 Å². The third-order valence-electron chi connectivity index (χ3n) is 4.93. The topological polar surface area (TPSA) is 62.1 Å². The molecule has 1 aliphatic rings. The minimum atomic E-state index is -0.102. The summed E-state index contributed by atoms with van der Waals surface area (Å²) in [6, 6.07) is 11.8. The zero-order chi connectivity index (χ0) is 17.7. The van der Waals surface area contributed by atoms with Crippen molar-refractivity contribution in [2.45, 2.75) is 19.4 Å². The molecule has 7 heteroatoms. The van der Waals surface area contributed by atoms with Crippen LogP contribution in [0.3, 0.4) is 0 Å². The highest BCUT2D eigenvalue weighted by Gasteiger charge is 2.33. The molecular weight excluding hydrogens is 348 g/mol.